The Bertz CT molecular complexity index is 593. The van der Waals surface area contributed by atoms with E-state index in [9.17, 15) is 4.79 Å². The number of carbonyl (C=O) groups is 1. The lowest BCUT2D eigenvalue weighted by Gasteiger charge is -2.14. The highest BCUT2D eigenvalue weighted by Crippen LogP contribution is 2.11. The van der Waals surface area contributed by atoms with Gasteiger partial charge in [-0.1, -0.05) is 6.07 Å². The highest BCUT2D eigenvalue weighted by molar-refractivity contribution is 14.1. The Kier molecular flexibility index (Phi) is 5.34. The number of furan rings is 1. The van der Waals surface area contributed by atoms with E-state index in [1.54, 1.807) is 24.2 Å². The number of aromatic nitrogens is 1. The molecule has 0 atom stereocenters. The van der Waals surface area contributed by atoms with Crippen LogP contribution in [0.15, 0.2) is 47.0 Å². The maximum absolute atomic E-state index is 11.9. The first kappa shape index (κ1) is 14.8. The molecular weight excluding hydrogens is 367 g/mol. The molecule has 1 amide bonds. The minimum atomic E-state index is -0.0488. The maximum Gasteiger partial charge on any atom is 0.246 e. The first-order valence-electron chi connectivity index (χ1n) is 6.23. The molecule has 0 aromatic carbocycles. The number of likely N-dealkylation sites (N-methyl/N-ethyl adjacent to an activating group) is 1. The summed E-state index contributed by atoms with van der Waals surface area (Å²) in [7, 11) is 1.78. The molecule has 2 aromatic rings. The summed E-state index contributed by atoms with van der Waals surface area (Å²) in [5.41, 5.74) is 0.983. The summed E-state index contributed by atoms with van der Waals surface area (Å²) < 4.78 is 6.17. The van der Waals surface area contributed by atoms with Gasteiger partial charge in [-0.2, -0.15) is 0 Å². The molecule has 0 aliphatic carbocycles. The third-order valence-electron chi connectivity index (χ3n) is 2.79. The van der Waals surface area contributed by atoms with Gasteiger partial charge in [0.1, 0.15) is 5.76 Å². The van der Waals surface area contributed by atoms with Gasteiger partial charge in [0.15, 0.2) is 3.77 Å². The van der Waals surface area contributed by atoms with E-state index in [0.29, 0.717) is 12.3 Å². The molecular formula is C15H15IN2O2. The largest absolute Gasteiger partial charge is 0.451 e. The van der Waals surface area contributed by atoms with Gasteiger partial charge in [0.25, 0.3) is 0 Å². The van der Waals surface area contributed by atoms with Crippen molar-refractivity contribution in [2.24, 2.45) is 0 Å². The minimum Gasteiger partial charge on any atom is -0.451 e. The van der Waals surface area contributed by atoms with Crippen molar-refractivity contribution in [2.75, 3.05) is 13.6 Å². The van der Waals surface area contributed by atoms with Crippen LogP contribution in [0.2, 0.25) is 0 Å². The lowest BCUT2D eigenvalue weighted by molar-refractivity contribution is -0.124. The molecule has 0 bridgehead atoms. The van der Waals surface area contributed by atoms with Gasteiger partial charge in [0, 0.05) is 38.0 Å². The highest BCUT2D eigenvalue weighted by Gasteiger charge is 2.05. The SMILES string of the molecule is CN(CCc1ccccn1)C(=O)/C=C/c1ccc(I)o1. The Morgan fingerprint density at radius 1 is 1.40 bits per heavy atom. The molecule has 20 heavy (non-hydrogen) atoms. The highest BCUT2D eigenvalue weighted by atomic mass is 127. The van der Waals surface area contributed by atoms with Crippen molar-refractivity contribution in [1.29, 1.82) is 0 Å². The van der Waals surface area contributed by atoms with Gasteiger partial charge in [-0.25, -0.2) is 0 Å². The van der Waals surface area contributed by atoms with Crippen LogP contribution in [0, 0.1) is 3.77 Å². The third kappa shape index (κ3) is 4.48. The summed E-state index contributed by atoms with van der Waals surface area (Å²) >= 11 is 2.09. The normalized spacial score (nSPS) is 10.9. The van der Waals surface area contributed by atoms with Crippen molar-refractivity contribution in [3.8, 4) is 0 Å². The number of hydrogen-bond donors (Lipinski definition) is 0. The van der Waals surface area contributed by atoms with Crippen LogP contribution in [0.4, 0.5) is 0 Å². The molecule has 5 heteroatoms. The number of amides is 1. The van der Waals surface area contributed by atoms with Crippen LogP contribution in [0.5, 0.6) is 0 Å². The Morgan fingerprint density at radius 3 is 2.90 bits per heavy atom. The quantitative estimate of drug-likeness (QED) is 0.590. The average molecular weight is 382 g/mol. The molecule has 2 heterocycles. The van der Waals surface area contributed by atoms with Crippen LogP contribution >= 0.6 is 22.6 Å². The summed E-state index contributed by atoms with van der Waals surface area (Å²) in [5.74, 6) is 0.633. The molecule has 0 radical (unpaired) electrons. The zero-order valence-corrected chi connectivity index (χ0v) is 13.3. The van der Waals surface area contributed by atoms with Crippen LogP contribution in [-0.4, -0.2) is 29.4 Å². The smallest absolute Gasteiger partial charge is 0.246 e. The maximum atomic E-state index is 11.9. The van der Waals surface area contributed by atoms with E-state index in [0.717, 1.165) is 15.9 Å². The first-order chi connectivity index (χ1) is 9.65. The predicted octanol–water partition coefficient (Wildman–Crippen LogP) is 2.99. The number of hydrogen-bond acceptors (Lipinski definition) is 3. The summed E-state index contributed by atoms with van der Waals surface area (Å²) in [4.78, 5) is 17.8. The summed E-state index contributed by atoms with van der Waals surface area (Å²) in [6.45, 7) is 0.635. The zero-order chi connectivity index (χ0) is 14.4. The van der Waals surface area contributed by atoms with Crippen molar-refractivity contribution in [3.63, 3.8) is 0 Å². The number of carbonyl (C=O) groups excluding carboxylic acids is 1. The summed E-state index contributed by atoms with van der Waals surface area (Å²) in [6.07, 6.45) is 5.71. The van der Waals surface area contributed by atoms with E-state index in [2.05, 4.69) is 27.6 Å². The number of halogens is 1. The van der Waals surface area contributed by atoms with E-state index in [4.69, 9.17) is 4.42 Å². The lowest BCUT2D eigenvalue weighted by Crippen LogP contribution is -2.27. The van der Waals surface area contributed by atoms with Gasteiger partial charge >= 0.3 is 0 Å². The Morgan fingerprint density at radius 2 is 2.25 bits per heavy atom. The lowest BCUT2D eigenvalue weighted by atomic mass is 10.2. The Labute approximate surface area is 131 Å². The van der Waals surface area contributed by atoms with Gasteiger partial charge < -0.3 is 9.32 Å². The molecule has 0 unspecified atom stereocenters. The van der Waals surface area contributed by atoms with Crippen molar-refractivity contribution in [3.05, 3.63) is 57.8 Å². The minimum absolute atomic E-state index is 0.0488. The fourth-order valence-electron chi connectivity index (χ4n) is 1.64. The van der Waals surface area contributed by atoms with Crippen molar-refractivity contribution in [2.45, 2.75) is 6.42 Å². The molecule has 0 fully saturated rings. The second-order valence-electron chi connectivity index (χ2n) is 4.31. The predicted molar refractivity (Wildman–Crippen MR) is 86.0 cm³/mol. The molecule has 0 N–H and O–H groups in total. The molecule has 4 nitrogen and oxygen atoms in total. The summed E-state index contributed by atoms with van der Waals surface area (Å²) in [6, 6.07) is 9.47. The van der Waals surface area contributed by atoms with Crippen LogP contribution in [-0.2, 0) is 11.2 Å². The summed E-state index contributed by atoms with van der Waals surface area (Å²) in [5, 5.41) is 0. The monoisotopic (exact) mass is 382 g/mol. The van der Waals surface area contributed by atoms with Crippen LogP contribution in [0.25, 0.3) is 6.08 Å². The van der Waals surface area contributed by atoms with E-state index in [1.165, 1.54) is 6.08 Å². The van der Waals surface area contributed by atoms with Gasteiger partial charge in [-0.05, 0) is 52.9 Å². The topological polar surface area (TPSA) is 46.3 Å². The fourth-order valence-corrected chi connectivity index (χ4v) is 2.07. The van der Waals surface area contributed by atoms with Crippen molar-refractivity contribution in [1.82, 2.24) is 9.88 Å². The molecule has 2 rings (SSSR count). The molecule has 0 saturated heterocycles. The van der Waals surface area contributed by atoms with E-state index in [-0.39, 0.29) is 5.91 Å². The fraction of sp³-hybridized carbons (Fsp3) is 0.200. The van der Waals surface area contributed by atoms with E-state index in [1.807, 2.05) is 30.3 Å². The average Bonchev–Trinajstić information content (AvgIpc) is 2.89. The van der Waals surface area contributed by atoms with Gasteiger partial charge in [0.05, 0.1) is 0 Å². The molecule has 0 spiro atoms. The molecule has 104 valence electrons. The van der Waals surface area contributed by atoms with Crippen LogP contribution in [0.1, 0.15) is 11.5 Å². The zero-order valence-electron chi connectivity index (χ0n) is 11.1. The molecule has 0 saturated carbocycles. The Hall–Kier alpha value is -1.63. The third-order valence-corrected chi connectivity index (χ3v) is 3.37. The Balaban J connectivity index is 1.84. The van der Waals surface area contributed by atoms with Crippen LogP contribution in [0.3, 0.4) is 0 Å². The van der Waals surface area contributed by atoms with Gasteiger partial charge in [0.2, 0.25) is 5.91 Å². The van der Waals surface area contributed by atoms with Gasteiger partial charge in [-0.15, -0.1) is 0 Å². The molecule has 2 aromatic heterocycles. The number of rotatable bonds is 5. The molecule has 0 aliphatic heterocycles. The van der Waals surface area contributed by atoms with Crippen molar-refractivity contribution < 1.29 is 9.21 Å². The second-order valence-corrected chi connectivity index (χ2v) is 5.37. The molecule has 0 aliphatic rings. The number of nitrogens with zero attached hydrogens (tertiary/aromatic N) is 2. The van der Waals surface area contributed by atoms with E-state index < -0.39 is 0 Å². The second kappa shape index (κ2) is 7.23. The first-order valence-corrected chi connectivity index (χ1v) is 7.31. The van der Waals surface area contributed by atoms with Crippen LogP contribution < -0.4 is 0 Å². The number of pyridine rings is 1. The van der Waals surface area contributed by atoms with Gasteiger partial charge in [-0.3, -0.25) is 9.78 Å². The van der Waals surface area contributed by atoms with Crippen molar-refractivity contribution >= 4 is 34.6 Å². The van der Waals surface area contributed by atoms with E-state index >= 15 is 0 Å². The standard InChI is InChI=1S/C15H15IN2O2/c1-18(11-9-12-4-2-3-10-17-12)15(19)8-6-13-5-7-14(16)20-13/h2-8,10H,9,11H2,1H3/b8-6+.